The summed E-state index contributed by atoms with van der Waals surface area (Å²) in [6, 6.07) is 9.19. The average Bonchev–Trinajstić information content (AvgIpc) is 2.76. The van der Waals surface area contributed by atoms with E-state index in [2.05, 4.69) is 32.7 Å². The Morgan fingerprint density at radius 3 is 2.45 bits per heavy atom. The van der Waals surface area contributed by atoms with Crippen molar-refractivity contribution in [1.82, 2.24) is 9.97 Å². The Labute approximate surface area is 187 Å². The van der Waals surface area contributed by atoms with E-state index in [0.717, 1.165) is 38.8 Å². The van der Waals surface area contributed by atoms with Crippen molar-refractivity contribution in [3.63, 3.8) is 0 Å². The van der Waals surface area contributed by atoms with Crippen molar-refractivity contribution < 1.29 is 18.2 Å². The molecule has 7 nitrogen and oxygen atoms in total. The summed E-state index contributed by atoms with van der Waals surface area (Å²) >= 11 is 0. The first kappa shape index (κ1) is 23.5. The van der Waals surface area contributed by atoms with Crippen LogP contribution in [0.25, 0.3) is 10.9 Å². The molecule has 2 aromatic carbocycles. The summed E-state index contributed by atoms with van der Waals surface area (Å²) in [4.78, 5) is 8.93. The van der Waals surface area contributed by atoms with E-state index in [9.17, 15) is 8.77 Å². The average molecular weight is 478 g/mol. The van der Waals surface area contributed by atoms with Crippen LogP contribution in [-0.2, 0) is 20.8 Å². The summed E-state index contributed by atoms with van der Waals surface area (Å²) in [5, 5.41) is 1.58. The zero-order valence-corrected chi connectivity index (χ0v) is 20.8. The minimum Gasteiger partial charge on any atom is -0.493 e. The molecular formula is C21H26N3O4P2S+. The fourth-order valence-corrected chi connectivity index (χ4v) is 6.05. The molecule has 0 saturated carbocycles. The molecule has 0 fully saturated rings. The monoisotopic (exact) mass is 478 g/mol. The Balaban J connectivity index is 0.000000176. The molecule has 3 unspecified atom stereocenters. The highest BCUT2D eigenvalue weighted by molar-refractivity contribution is 8.10. The van der Waals surface area contributed by atoms with E-state index in [1.807, 2.05) is 18.2 Å². The minimum atomic E-state index is -1.40. The fourth-order valence-electron chi connectivity index (χ4n) is 3.38. The van der Waals surface area contributed by atoms with Crippen molar-refractivity contribution in [1.29, 1.82) is 0 Å². The molecule has 31 heavy (non-hydrogen) atoms. The van der Waals surface area contributed by atoms with Crippen molar-refractivity contribution in [2.24, 2.45) is 0 Å². The van der Waals surface area contributed by atoms with E-state index in [-0.39, 0.29) is 5.41 Å². The standard InChI is InChI=1S/C11H15O2P2S.C10H11N3O2/c1-11(2)5-6-16(13)10-4-3-8(15(12)14)7-9(10)11;1-14-8-3-6-7(4-9(8)15-2)12-5-13-10(6)11/h3-4,7H,5-6,14H2,1-2H3;3-5H,1-2H3,(H2,11,12,13)/q+1;. The Bertz CT molecular complexity index is 1170. The molecule has 0 aliphatic carbocycles. The van der Waals surface area contributed by atoms with Gasteiger partial charge in [0.25, 0.3) is 0 Å². The van der Waals surface area contributed by atoms with Crippen LogP contribution >= 0.6 is 16.4 Å². The molecule has 3 atom stereocenters. The van der Waals surface area contributed by atoms with Crippen LogP contribution in [0.3, 0.4) is 0 Å². The molecule has 1 aliphatic heterocycles. The highest BCUT2D eigenvalue weighted by Gasteiger charge is 2.32. The van der Waals surface area contributed by atoms with Gasteiger partial charge in [0.2, 0.25) is 0 Å². The van der Waals surface area contributed by atoms with E-state index < -0.39 is 18.3 Å². The van der Waals surface area contributed by atoms with Crippen LogP contribution in [0.5, 0.6) is 11.5 Å². The van der Waals surface area contributed by atoms with Crippen LogP contribution in [0.2, 0.25) is 0 Å². The van der Waals surface area contributed by atoms with Gasteiger partial charge in [-0.1, -0.05) is 18.4 Å². The summed E-state index contributed by atoms with van der Waals surface area (Å²) in [7, 11) is 3.19. The molecule has 164 valence electrons. The second-order valence-electron chi connectivity index (χ2n) is 7.67. The maximum absolute atomic E-state index is 11.9. The number of benzene rings is 2. The van der Waals surface area contributed by atoms with Crippen LogP contribution in [0.4, 0.5) is 5.82 Å². The van der Waals surface area contributed by atoms with E-state index in [4.69, 9.17) is 15.2 Å². The number of nitrogens with two attached hydrogens (primary N) is 1. The third-order valence-electron chi connectivity index (χ3n) is 5.28. The Morgan fingerprint density at radius 2 is 1.81 bits per heavy atom. The second-order valence-corrected chi connectivity index (χ2v) is 11.8. The molecule has 1 aromatic heterocycles. The number of aromatic nitrogens is 2. The van der Waals surface area contributed by atoms with Gasteiger partial charge in [0.15, 0.2) is 16.8 Å². The molecule has 10 heteroatoms. The summed E-state index contributed by atoms with van der Waals surface area (Å²) in [6.07, 6.45) is 2.34. The van der Waals surface area contributed by atoms with Gasteiger partial charge < -0.3 is 15.2 Å². The zero-order chi connectivity index (χ0) is 22.8. The molecule has 0 amide bonds. The van der Waals surface area contributed by atoms with Gasteiger partial charge in [-0.2, -0.15) is 0 Å². The maximum Gasteiger partial charge on any atom is 0.386 e. The number of ether oxygens (including phenoxy) is 2. The first-order valence-corrected chi connectivity index (χ1v) is 13.7. The lowest BCUT2D eigenvalue weighted by Crippen LogP contribution is -2.28. The normalized spacial score (nSPS) is 17.2. The quantitative estimate of drug-likeness (QED) is 0.569. The molecule has 4 rings (SSSR count). The molecule has 0 bridgehead atoms. The number of hydrogen-bond acceptors (Lipinski definition) is 7. The molecule has 0 radical (unpaired) electrons. The van der Waals surface area contributed by atoms with Gasteiger partial charge >= 0.3 is 7.49 Å². The Kier molecular flexibility index (Phi) is 7.25. The maximum atomic E-state index is 11.9. The van der Waals surface area contributed by atoms with Crippen LogP contribution in [-0.4, -0.2) is 34.1 Å². The number of fused-ring (bicyclic) bond motifs is 2. The van der Waals surface area contributed by atoms with Gasteiger partial charge in [-0.3, -0.25) is 4.21 Å². The second kappa shape index (κ2) is 9.56. The molecule has 2 N–H and O–H groups in total. The Hall–Kier alpha value is -2.14. The highest BCUT2D eigenvalue weighted by Crippen LogP contribution is 2.38. The van der Waals surface area contributed by atoms with Crippen LogP contribution < -0.4 is 20.5 Å². The van der Waals surface area contributed by atoms with Crippen LogP contribution in [0.1, 0.15) is 25.8 Å². The predicted molar refractivity (Wildman–Crippen MR) is 129 cm³/mol. The summed E-state index contributed by atoms with van der Waals surface area (Å²) < 4.78 is 33.7. The highest BCUT2D eigenvalue weighted by atomic mass is 32.2. The predicted octanol–water partition coefficient (Wildman–Crippen LogP) is 3.95. The van der Waals surface area contributed by atoms with Crippen molar-refractivity contribution >= 4 is 49.2 Å². The zero-order valence-electron chi connectivity index (χ0n) is 17.9. The number of nitrogens with zero attached hydrogens (tertiary/aromatic N) is 2. The third kappa shape index (κ3) is 5.03. The van der Waals surface area contributed by atoms with Crippen LogP contribution in [0, 0.1) is 0 Å². The minimum absolute atomic E-state index is 0.0370. The number of nitrogen functional groups attached to an aromatic ring is 1. The van der Waals surface area contributed by atoms with Gasteiger partial charge in [0.05, 0.1) is 30.5 Å². The molecule has 1 aliphatic rings. The number of anilines is 1. The van der Waals surface area contributed by atoms with E-state index in [0.29, 0.717) is 17.3 Å². The summed E-state index contributed by atoms with van der Waals surface area (Å²) in [5.41, 5.74) is 7.59. The lowest BCUT2D eigenvalue weighted by atomic mass is 9.82. The van der Waals surface area contributed by atoms with Crippen LogP contribution in [0.15, 0.2) is 41.6 Å². The SMILES string of the molecule is CC1(C)CCS(=O)c2ccc([P+](=O)P)cc21.COc1cc2ncnc(N)c2cc1OC. The fraction of sp³-hybridized carbons (Fsp3) is 0.333. The number of rotatable bonds is 3. The lowest BCUT2D eigenvalue weighted by molar-refractivity contribution is 0.356. The third-order valence-corrected chi connectivity index (χ3v) is 8.38. The van der Waals surface area contributed by atoms with E-state index >= 15 is 0 Å². The summed E-state index contributed by atoms with van der Waals surface area (Å²) in [6.45, 7) is 4.31. The summed E-state index contributed by atoms with van der Waals surface area (Å²) in [5.74, 6) is 2.40. The first-order chi connectivity index (χ1) is 14.7. The van der Waals surface area contributed by atoms with Gasteiger partial charge in [-0.25, -0.2) is 9.97 Å². The van der Waals surface area contributed by atoms with Crippen molar-refractivity contribution in [3.8, 4) is 11.5 Å². The molecule has 0 spiro atoms. The molecular weight excluding hydrogens is 452 g/mol. The van der Waals surface area contributed by atoms with E-state index in [1.165, 1.54) is 6.33 Å². The van der Waals surface area contributed by atoms with Gasteiger partial charge in [0, 0.05) is 22.1 Å². The first-order valence-electron chi connectivity index (χ1n) is 9.55. The lowest BCUT2D eigenvalue weighted by Gasteiger charge is -2.31. The van der Waals surface area contributed by atoms with Gasteiger partial charge in [0.1, 0.15) is 21.1 Å². The Morgan fingerprint density at radius 1 is 1.13 bits per heavy atom. The largest absolute Gasteiger partial charge is 0.493 e. The van der Waals surface area contributed by atoms with Crippen molar-refractivity contribution in [2.75, 3.05) is 25.7 Å². The number of methoxy groups -OCH3 is 2. The van der Waals surface area contributed by atoms with Crippen molar-refractivity contribution in [3.05, 3.63) is 42.2 Å². The molecule has 2 heterocycles. The van der Waals surface area contributed by atoms with Gasteiger partial charge in [-0.15, -0.1) is 0 Å². The smallest absolute Gasteiger partial charge is 0.386 e. The molecule has 3 aromatic rings. The topological polar surface area (TPSA) is 104 Å². The van der Waals surface area contributed by atoms with Gasteiger partial charge in [-0.05, 0) is 41.7 Å². The van der Waals surface area contributed by atoms with Crippen molar-refractivity contribution in [2.45, 2.75) is 30.6 Å². The molecule has 0 saturated heterocycles. The van der Waals surface area contributed by atoms with E-state index in [1.54, 1.807) is 26.4 Å². The number of hydrogen-bond donors (Lipinski definition) is 1.